The lowest BCUT2D eigenvalue weighted by Gasteiger charge is -2.18. The molecule has 0 bridgehead atoms. The average molecular weight is 429 g/mol. The minimum Gasteiger partial charge on any atom is -0.494 e. The van der Waals surface area contributed by atoms with Crippen molar-refractivity contribution >= 4 is 34.1 Å². The first-order valence-corrected chi connectivity index (χ1v) is 9.46. The fraction of sp³-hybridized carbons (Fsp3) is 0.200. The minimum absolute atomic E-state index is 0.0137. The standard InChI is InChI=1S/C20H14ClFN4O4/c1-30-18-15(9-4-13(21)19-23-8-24-26(19)6-9)14(22)5-11-16(18)25(10-2-3-10)7-12(17(11)27)20(28)29/h4-8,10H,2-3H2,1H3,(H,28,29). The number of carboxylic acid groups (broad SMARTS) is 1. The molecule has 1 aromatic carbocycles. The summed E-state index contributed by atoms with van der Waals surface area (Å²) in [6.07, 6.45) is 5.85. The van der Waals surface area contributed by atoms with E-state index in [1.54, 1.807) is 16.8 Å². The van der Waals surface area contributed by atoms with Crippen molar-refractivity contribution in [3.05, 3.63) is 57.5 Å². The number of hydrogen-bond donors (Lipinski definition) is 1. The highest BCUT2D eigenvalue weighted by molar-refractivity contribution is 6.33. The number of carboxylic acids is 1. The Kier molecular flexibility index (Phi) is 4.04. The van der Waals surface area contributed by atoms with Crippen molar-refractivity contribution in [2.24, 2.45) is 0 Å². The van der Waals surface area contributed by atoms with E-state index in [1.165, 1.54) is 24.1 Å². The molecule has 1 N–H and O–H groups in total. The molecule has 1 aliphatic rings. The Hall–Kier alpha value is -3.46. The lowest BCUT2D eigenvalue weighted by atomic mass is 10.0. The van der Waals surface area contributed by atoms with E-state index in [2.05, 4.69) is 10.1 Å². The van der Waals surface area contributed by atoms with Gasteiger partial charge in [-0.05, 0) is 25.0 Å². The smallest absolute Gasteiger partial charge is 0.341 e. The Labute approximate surface area is 173 Å². The first kappa shape index (κ1) is 18.6. The number of aromatic nitrogens is 4. The molecule has 1 aliphatic carbocycles. The van der Waals surface area contributed by atoms with Crippen LogP contribution in [0, 0.1) is 5.82 Å². The maximum atomic E-state index is 15.3. The molecule has 8 nitrogen and oxygen atoms in total. The number of aromatic carboxylic acids is 1. The Morgan fingerprint density at radius 2 is 2.10 bits per heavy atom. The molecule has 0 saturated heterocycles. The van der Waals surface area contributed by atoms with E-state index in [9.17, 15) is 14.7 Å². The van der Waals surface area contributed by atoms with Gasteiger partial charge in [-0.1, -0.05) is 11.6 Å². The van der Waals surface area contributed by atoms with E-state index in [4.69, 9.17) is 16.3 Å². The summed E-state index contributed by atoms with van der Waals surface area (Å²) in [6, 6.07) is 2.61. The van der Waals surface area contributed by atoms with Gasteiger partial charge in [-0.3, -0.25) is 4.79 Å². The second kappa shape index (κ2) is 6.53. The zero-order chi connectivity index (χ0) is 21.2. The lowest BCUT2D eigenvalue weighted by Crippen LogP contribution is -2.19. The molecule has 0 atom stereocenters. The Morgan fingerprint density at radius 3 is 2.77 bits per heavy atom. The molecule has 3 heterocycles. The topological polar surface area (TPSA) is 98.7 Å². The molecule has 30 heavy (non-hydrogen) atoms. The molecular formula is C20H14ClFN4O4. The number of hydrogen-bond acceptors (Lipinski definition) is 5. The number of halogens is 2. The number of rotatable bonds is 4. The minimum atomic E-state index is -1.36. The molecule has 152 valence electrons. The van der Waals surface area contributed by atoms with E-state index in [1.807, 2.05) is 0 Å². The summed E-state index contributed by atoms with van der Waals surface area (Å²) in [5.74, 6) is -1.97. The molecule has 5 rings (SSSR count). The zero-order valence-corrected chi connectivity index (χ0v) is 16.4. The number of nitrogens with zero attached hydrogens (tertiary/aromatic N) is 4. The number of carbonyl (C=O) groups is 1. The summed E-state index contributed by atoms with van der Waals surface area (Å²) < 4.78 is 24.0. The van der Waals surface area contributed by atoms with Gasteiger partial charge in [0.25, 0.3) is 0 Å². The van der Waals surface area contributed by atoms with Gasteiger partial charge in [0, 0.05) is 24.0 Å². The van der Waals surface area contributed by atoms with Crippen molar-refractivity contribution in [3.63, 3.8) is 0 Å². The van der Waals surface area contributed by atoms with E-state index in [0.29, 0.717) is 16.7 Å². The summed E-state index contributed by atoms with van der Waals surface area (Å²) in [5, 5.41) is 13.7. The van der Waals surface area contributed by atoms with Crippen LogP contribution in [0.15, 0.2) is 35.6 Å². The molecule has 1 saturated carbocycles. The van der Waals surface area contributed by atoms with Crippen molar-refractivity contribution in [2.45, 2.75) is 18.9 Å². The fourth-order valence-corrected chi connectivity index (χ4v) is 3.99. The molecule has 0 unspecified atom stereocenters. The van der Waals surface area contributed by atoms with Crippen molar-refractivity contribution in [2.75, 3.05) is 7.11 Å². The van der Waals surface area contributed by atoms with Gasteiger partial charge in [0.05, 0.1) is 28.6 Å². The van der Waals surface area contributed by atoms with E-state index < -0.39 is 22.8 Å². The normalized spacial score (nSPS) is 13.8. The van der Waals surface area contributed by atoms with Crippen molar-refractivity contribution in [1.82, 2.24) is 19.2 Å². The van der Waals surface area contributed by atoms with Crippen LogP contribution in [-0.2, 0) is 0 Å². The number of ether oxygens (including phenoxy) is 1. The molecule has 10 heteroatoms. The van der Waals surface area contributed by atoms with Crippen LogP contribution in [0.3, 0.4) is 0 Å². The SMILES string of the molecule is COc1c(-c2cc(Cl)c3ncnn3c2)c(F)cc2c(=O)c(C(=O)O)cn(C3CC3)c12. The van der Waals surface area contributed by atoms with Gasteiger partial charge in [-0.2, -0.15) is 5.10 Å². The largest absolute Gasteiger partial charge is 0.494 e. The molecule has 0 spiro atoms. The third kappa shape index (κ3) is 2.66. The summed E-state index contributed by atoms with van der Waals surface area (Å²) in [4.78, 5) is 28.4. The Morgan fingerprint density at radius 1 is 1.33 bits per heavy atom. The van der Waals surface area contributed by atoms with Crippen LogP contribution >= 0.6 is 11.6 Å². The summed E-state index contributed by atoms with van der Waals surface area (Å²) in [7, 11) is 1.38. The van der Waals surface area contributed by atoms with Crippen molar-refractivity contribution < 1.29 is 19.0 Å². The van der Waals surface area contributed by atoms with Gasteiger partial charge in [-0.25, -0.2) is 18.7 Å². The molecule has 4 aromatic rings. The third-order valence-electron chi connectivity index (χ3n) is 5.22. The number of pyridine rings is 2. The molecule has 0 amide bonds. The highest BCUT2D eigenvalue weighted by Crippen LogP contribution is 2.44. The van der Waals surface area contributed by atoms with Crippen LogP contribution in [0.2, 0.25) is 5.02 Å². The maximum absolute atomic E-state index is 15.3. The predicted octanol–water partition coefficient (Wildman–Crippen LogP) is 3.55. The number of benzene rings is 1. The fourth-order valence-electron chi connectivity index (χ4n) is 3.74. The van der Waals surface area contributed by atoms with E-state index >= 15 is 4.39 Å². The lowest BCUT2D eigenvalue weighted by molar-refractivity contribution is 0.0695. The highest BCUT2D eigenvalue weighted by Gasteiger charge is 2.30. The second-order valence-electron chi connectivity index (χ2n) is 7.08. The summed E-state index contributed by atoms with van der Waals surface area (Å²) in [6.45, 7) is 0. The molecule has 3 aromatic heterocycles. The second-order valence-corrected chi connectivity index (χ2v) is 7.49. The van der Waals surface area contributed by atoms with Crippen molar-refractivity contribution in [3.8, 4) is 16.9 Å². The van der Waals surface area contributed by atoms with Gasteiger partial charge in [0.2, 0.25) is 5.43 Å². The van der Waals surface area contributed by atoms with Gasteiger partial charge >= 0.3 is 5.97 Å². The van der Waals surface area contributed by atoms with Crippen LogP contribution in [0.25, 0.3) is 27.7 Å². The average Bonchev–Trinajstić information content (AvgIpc) is 3.44. The van der Waals surface area contributed by atoms with Gasteiger partial charge < -0.3 is 14.4 Å². The third-order valence-corrected chi connectivity index (χ3v) is 5.49. The summed E-state index contributed by atoms with van der Waals surface area (Å²) in [5.41, 5.74) is 0.0777. The van der Waals surface area contributed by atoms with Gasteiger partial charge in [0.1, 0.15) is 17.7 Å². The molecular weight excluding hydrogens is 415 g/mol. The van der Waals surface area contributed by atoms with Gasteiger partial charge in [-0.15, -0.1) is 0 Å². The first-order chi connectivity index (χ1) is 14.4. The Balaban J connectivity index is 1.91. The predicted molar refractivity (Wildman–Crippen MR) is 107 cm³/mol. The van der Waals surface area contributed by atoms with Crippen LogP contribution < -0.4 is 10.2 Å². The van der Waals surface area contributed by atoms with Crippen LogP contribution in [-0.4, -0.2) is 37.4 Å². The number of fused-ring (bicyclic) bond motifs is 2. The Bertz CT molecular complexity index is 1420. The van der Waals surface area contributed by atoms with Crippen LogP contribution in [0.5, 0.6) is 5.75 Å². The molecule has 1 fully saturated rings. The molecule has 0 aliphatic heterocycles. The van der Waals surface area contributed by atoms with Crippen molar-refractivity contribution in [1.29, 1.82) is 0 Å². The highest BCUT2D eigenvalue weighted by atomic mass is 35.5. The van der Waals surface area contributed by atoms with Crippen LogP contribution in [0.1, 0.15) is 29.2 Å². The zero-order valence-electron chi connectivity index (χ0n) is 15.6. The molecule has 0 radical (unpaired) electrons. The van der Waals surface area contributed by atoms with E-state index in [0.717, 1.165) is 18.9 Å². The first-order valence-electron chi connectivity index (χ1n) is 9.08. The quantitative estimate of drug-likeness (QED) is 0.533. The number of methoxy groups -OCH3 is 1. The maximum Gasteiger partial charge on any atom is 0.341 e. The van der Waals surface area contributed by atoms with Gasteiger partial charge in [0.15, 0.2) is 11.4 Å². The monoisotopic (exact) mass is 428 g/mol. The summed E-state index contributed by atoms with van der Waals surface area (Å²) >= 11 is 6.29. The van der Waals surface area contributed by atoms with E-state index in [-0.39, 0.29) is 27.8 Å². The van der Waals surface area contributed by atoms with Crippen LogP contribution in [0.4, 0.5) is 4.39 Å².